The van der Waals surface area contributed by atoms with Crippen LogP contribution in [0.2, 0.25) is 0 Å². The van der Waals surface area contributed by atoms with Gasteiger partial charge in [0.15, 0.2) is 16.6 Å². The van der Waals surface area contributed by atoms with Gasteiger partial charge in [-0.25, -0.2) is 4.98 Å². The maximum atomic E-state index is 12.7. The zero-order valence-corrected chi connectivity index (χ0v) is 16.9. The minimum atomic E-state index is -0.956. The van der Waals surface area contributed by atoms with Crippen LogP contribution in [0.4, 0.5) is 5.13 Å². The molecule has 8 nitrogen and oxygen atoms in total. The highest BCUT2D eigenvalue weighted by atomic mass is 79.9. The molecule has 2 aromatic rings. The van der Waals surface area contributed by atoms with Gasteiger partial charge in [0.25, 0.3) is 5.91 Å². The van der Waals surface area contributed by atoms with Crippen LogP contribution in [0.25, 0.3) is 0 Å². The van der Waals surface area contributed by atoms with Crippen molar-refractivity contribution < 1.29 is 28.9 Å². The molecule has 1 aromatic heterocycles. The molecule has 2 N–H and O–H groups in total. The Labute approximate surface area is 162 Å². The van der Waals surface area contributed by atoms with Crippen molar-refractivity contribution in [1.82, 2.24) is 4.98 Å². The first-order valence-electron chi connectivity index (χ1n) is 7.30. The topological polar surface area (TPSA) is 107 Å². The molecular formula is C16H17BrN2O6S. The molecule has 0 saturated heterocycles. The van der Waals surface area contributed by atoms with E-state index in [1.807, 2.05) is 0 Å². The second-order valence-corrected chi connectivity index (χ2v) is 6.94. The van der Waals surface area contributed by atoms with Crippen molar-refractivity contribution in [1.29, 1.82) is 0 Å². The number of rotatable bonds is 7. The lowest BCUT2D eigenvalue weighted by Gasteiger charge is -2.16. The molecule has 26 heavy (non-hydrogen) atoms. The van der Waals surface area contributed by atoms with Crippen molar-refractivity contribution in [2.75, 3.05) is 26.6 Å². The monoisotopic (exact) mass is 444 g/mol. The number of methoxy groups -OCH3 is 3. The Hall–Kier alpha value is -2.33. The van der Waals surface area contributed by atoms with Crippen LogP contribution in [-0.2, 0) is 11.2 Å². The van der Waals surface area contributed by atoms with E-state index in [-0.39, 0.29) is 12.0 Å². The normalized spacial score (nSPS) is 10.3. The van der Waals surface area contributed by atoms with Crippen LogP contribution in [0.5, 0.6) is 17.2 Å². The first-order valence-corrected chi connectivity index (χ1v) is 8.91. The van der Waals surface area contributed by atoms with Gasteiger partial charge in [0, 0.05) is 4.88 Å². The summed E-state index contributed by atoms with van der Waals surface area (Å²) < 4.78 is 16.2. The van der Waals surface area contributed by atoms with E-state index in [9.17, 15) is 9.59 Å². The van der Waals surface area contributed by atoms with Gasteiger partial charge in [-0.15, -0.1) is 11.3 Å². The lowest BCUT2D eigenvalue weighted by molar-refractivity contribution is -0.136. The van der Waals surface area contributed by atoms with Gasteiger partial charge in [-0.05, 0) is 28.9 Å². The van der Waals surface area contributed by atoms with Crippen LogP contribution in [0.3, 0.4) is 0 Å². The molecule has 0 fully saturated rings. The van der Waals surface area contributed by atoms with E-state index < -0.39 is 11.9 Å². The number of aliphatic carboxylic acids is 1. The van der Waals surface area contributed by atoms with Crippen molar-refractivity contribution in [2.24, 2.45) is 0 Å². The summed E-state index contributed by atoms with van der Waals surface area (Å²) in [5.41, 5.74) is 0.823. The summed E-state index contributed by atoms with van der Waals surface area (Å²) in [6.07, 6.45) is -0.146. The number of hydrogen-bond acceptors (Lipinski definition) is 7. The highest BCUT2D eigenvalue weighted by molar-refractivity contribution is 9.10. The maximum Gasteiger partial charge on any atom is 0.308 e. The first kappa shape index (κ1) is 20.0. The Morgan fingerprint density at radius 3 is 2.42 bits per heavy atom. The fourth-order valence-electron chi connectivity index (χ4n) is 2.23. The van der Waals surface area contributed by atoms with Crippen LogP contribution in [0, 0.1) is 6.92 Å². The zero-order chi connectivity index (χ0) is 19.4. The molecule has 0 unspecified atom stereocenters. The fraction of sp³-hybridized carbons (Fsp3) is 0.312. The number of amides is 1. The van der Waals surface area contributed by atoms with Crippen molar-refractivity contribution in [3.05, 3.63) is 26.7 Å². The lowest BCUT2D eigenvalue weighted by atomic mass is 10.1. The highest BCUT2D eigenvalue weighted by Gasteiger charge is 2.23. The van der Waals surface area contributed by atoms with E-state index in [0.29, 0.717) is 37.4 Å². The molecule has 0 spiro atoms. The standard InChI is InChI=1S/C16H17BrN2O6S/c1-7-10(6-11(20)21)26-16(18-7)19-15(22)8-5-9(23-2)13(24-3)14(25-4)12(8)17/h5H,6H2,1-4H3,(H,20,21)(H,18,19,22). The van der Waals surface area contributed by atoms with Crippen molar-refractivity contribution in [3.63, 3.8) is 0 Å². The van der Waals surface area contributed by atoms with E-state index in [0.717, 1.165) is 11.3 Å². The molecule has 1 heterocycles. The van der Waals surface area contributed by atoms with Crippen LogP contribution in [0.15, 0.2) is 10.5 Å². The Bertz CT molecular complexity index is 852. The van der Waals surface area contributed by atoms with Crippen molar-refractivity contribution >= 4 is 44.3 Å². The van der Waals surface area contributed by atoms with Crippen molar-refractivity contribution in [2.45, 2.75) is 13.3 Å². The number of carbonyl (C=O) groups is 2. The number of carboxylic acid groups (broad SMARTS) is 1. The van der Waals surface area contributed by atoms with Gasteiger partial charge in [-0.2, -0.15) is 0 Å². The lowest BCUT2D eigenvalue weighted by Crippen LogP contribution is -2.13. The summed E-state index contributed by atoms with van der Waals surface area (Å²) in [6.45, 7) is 1.69. The van der Waals surface area contributed by atoms with Gasteiger partial charge in [0.2, 0.25) is 5.75 Å². The Morgan fingerprint density at radius 2 is 1.88 bits per heavy atom. The third-order valence-corrected chi connectivity index (χ3v) is 5.30. The minimum absolute atomic E-state index is 0.146. The van der Waals surface area contributed by atoms with E-state index in [2.05, 4.69) is 26.2 Å². The minimum Gasteiger partial charge on any atom is -0.493 e. The van der Waals surface area contributed by atoms with E-state index >= 15 is 0 Å². The first-order chi connectivity index (χ1) is 12.3. The molecule has 1 amide bonds. The molecule has 0 atom stereocenters. The Kier molecular flexibility index (Phi) is 6.43. The zero-order valence-electron chi connectivity index (χ0n) is 14.5. The van der Waals surface area contributed by atoms with E-state index in [1.165, 1.54) is 27.4 Å². The molecular weight excluding hydrogens is 428 g/mol. The average Bonchev–Trinajstić information content (AvgIpc) is 2.92. The van der Waals surface area contributed by atoms with Crippen LogP contribution in [-0.4, -0.2) is 43.3 Å². The molecule has 140 valence electrons. The summed E-state index contributed by atoms with van der Waals surface area (Å²) in [5, 5.41) is 11.9. The predicted molar refractivity (Wildman–Crippen MR) is 99.9 cm³/mol. The molecule has 0 aliphatic rings. The number of nitrogens with one attached hydrogen (secondary N) is 1. The number of carbonyl (C=O) groups excluding carboxylic acids is 1. The number of ether oxygens (including phenoxy) is 3. The number of benzene rings is 1. The summed E-state index contributed by atoms with van der Waals surface area (Å²) in [6, 6.07) is 1.51. The number of halogens is 1. The third kappa shape index (κ3) is 4.07. The summed E-state index contributed by atoms with van der Waals surface area (Å²) in [4.78, 5) is 28.3. The number of anilines is 1. The van der Waals surface area contributed by atoms with E-state index in [1.54, 1.807) is 6.92 Å². The quantitative estimate of drug-likeness (QED) is 0.675. The number of nitrogens with zero attached hydrogens (tertiary/aromatic N) is 1. The van der Waals surface area contributed by atoms with Crippen molar-refractivity contribution in [3.8, 4) is 17.2 Å². The number of thiazole rings is 1. The molecule has 2 rings (SSSR count). The van der Waals surface area contributed by atoms with Gasteiger partial charge < -0.3 is 19.3 Å². The second-order valence-electron chi connectivity index (χ2n) is 5.06. The molecule has 0 saturated carbocycles. The Balaban J connectivity index is 2.37. The number of hydrogen-bond donors (Lipinski definition) is 2. The smallest absolute Gasteiger partial charge is 0.308 e. The largest absolute Gasteiger partial charge is 0.493 e. The fourth-order valence-corrected chi connectivity index (χ4v) is 3.82. The van der Waals surface area contributed by atoms with Gasteiger partial charge in [-0.1, -0.05) is 0 Å². The number of aryl methyl sites for hydroxylation is 1. The van der Waals surface area contributed by atoms with Gasteiger partial charge >= 0.3 is 5.97 Å². The molecule has 0 aliphatic carbocycles. The second kappa shape index (κ2) is 8.37. The number of aromatic nitrogens is 1. The summed E-state index contributed by atoms with van der Waals surface area (Å²) >= 11 is 4.46. The average molecular weight is 445 g/mol. The summed E-state index contributed by atoms with van der Waals surface area (Å²) in [5.74, 6) is -0.403. The van der Waals surface area contributed by atoms with Gasteiger partial charge in [0.1, 0.15) is 0 Å². The molecule has 1 aromatic carbocycles. The molecule has 0 aliphatic heterocycles. The SMILES string of the molecule is COc1cc(C(=O)Nc2nc(C)c(CC(=O)O)s2)c(Br)c(OC)c1OC. The molecule has 0 bridgehead atoms. The predicted octanol–water partition coefficient (Wildman–Crippen LogP) is 3.12. The van der Waals surface area contributed by atoms with E-state index in [4.69, 9.17) is 19.3 Å². The van der Waals surface area contributed by atoms with Crippen LogP contribution in [0.1, 0.15) is 20.9 Å². The molecule has 10 heteroatoms. The van der Waals surface area contributed by atoms with Gasteiger partial charge in [0.05, 0.1) is 43.5 Å². The Morgan fingerprint density at radius 1 is 1.23 bits per heavy atom. The van der Waals surface area contributed by atoms with Crippen LogP contribution < -0.4 is 19.5 Å². The number of carboxylic acids is 1. The maximum absolute atomic E-state index is 12.7. The summed E-state index contributed by atoms with van der Waals surface area (Å²) in [7, 11) is 4.37. The molecule has 0 radical (unpaired) electrons. The van der Waals surface area contributed by atoms with Gasteiger partial charge in [-0.3, -0.25) is 14.9 Å². The van der Waals surface area contributed by atoms with Crippen LogP contribution >= 0.6 is 27.3 Å². The highest BCUT2D eigenvalue weighted by Crippen LogP contribution is 2.44. The third-order valence-electron chi connectivity index (χ3n) is 3.44.